The Kier molecular flexibility index (Phi) is 6.59. The lowest BCUT2D eigenvalue weighted by Gasteiger charge is -2.11. The number of hydrogen-bond acceptors (Lipinski definition) is 4. The molecule has 0 fully saturated rings. The molecule has 0 atom stereocenters. The first kappa shape index (κ1) is 20.2. The van der Waals surface area contributed by atoms with Gasteiger partial charge in [0.1, 0.15) is 5.75 Å². The summed E-state index contributed by atoms with van der Waals surface area (Å²) in [4.78, 5) is 4.31. The molecule has 0 unspecified atom stereocenters. The van der Waals surface area contributed by atoms with Gasteiger partial charge in [-0.15, -0.1) is 13.2 Å². The Morgan fingerprint density at radius 3 is 2.54 bits per heavy atom. The minimum Gasteiger partial charge on any atom is -0.406 e. The van der Waals surface area contributed by atoms with E-state index in [1.54, 1.807) is 18.3 Å². The number of aromatic nitrogens is 1. The maximum atomic E-state index is 12.1. The van der Waals surface area contributed by atoms with Gasteiger partial charge in [0.25, 0.3) is 0 Å². The van der Waals surface area contributed by atoms with Crippen LogP contribution >= 0.6 is 11.6 Å². The molecule has 1 heterocycles. The number of nitrogens with zero attached hydrogens (tertiary/aromatic N) is 1. The van der Waals surface area contributed by atoms with Gasteiger partial charge >= 0.3 is 6.36 Å². The Hall–Kier alpha value is -2.51. The van der Waals surface area contributed by atoms with Gasteiger partial charge in [-0.05, 0) is 54.9 Å². The summed E-state index contributed by atoms with van der Waals surface area (Å²) in [7, 11) is 0. The molecule has 0 saturated carbocycles. The highest BCUT2D eigenvalue weighted by molar-refractivity contribution is 6.31. The Morgan fingerprint density at radius 2 is 1.79 bits per heavy atom. The summed E-state index contributed by atoms with van der Waals surface area (Å²) in [5, 5.41) is 8.32. The van der Waals surface area contributed by atoms with Crippen molar-refractivity contribution in [1.29, 1.82) is 0 Å². The van der Waals surface area contributed by atoms with Crippen molar-refractivity contribution in [2.45, 2.75) is 19.3 Å². The second-order valence-electron chi connectivity index (χ2n) is 6.17. The molecule has 2 aromatic carbocycles. The average molecular weight is 410 g/mol. The fourth-order valence-corrected chi connectivity index (χ4v) is 2.92. The number of anilines is 1. The van der Waals surface area contributed by atoms with E-state index in [1.165, 1.54) is 12.1 Å². The van der Waals surface area contributed by atoms with E-state index >= 15 is 0 Å². The minimum atomic E-state index is -4.67. The van der Waals surface area contributed by atoms with E-state index in [4.69, 9.17) is 11.6 Å². The highest BCUT2D eigenvalue weighted by Gasteiger charge is 2.30. The molecule has 148 valence electrons. The van der Waals surface area contributed by atoms with Crippen molar-refractivity contribution < 1.29 is 17.9 Å². The Morgan fingerprint density at radius 1 is 1.00 bits per heavy atom. The van der Waals surface area contributed by atoms with E-state index < -0.39 is 6.36 Å². The van der Waals surface area contributed by atoms with Crippen LogP contribution in [0.2, 0.25) is 5.02 Å². The monoisotopic (exact) mass is 409 g/mol. The molecule has 1 aromatic heterocycles. The quantitative estimate of drug-likeness (QED) is 0.490. The van der Waals surface area contributed by atoms with Crippen LogP contribution in [0.4, 0.5) is 18.9 Å². The molecule has 0 spiro atoms. The highest BCUT2D eigenvalue weighted by atomic mass is 35.5. The zero-order chi connectivity index (χ0) is 20.0. The molecule has 0 bridgehead atoms. The highest BCUT2D eigenvalue weighted by Crippen LogP contribution is 2.24. The summed E-state index contributed by atoms with van der Waals surface area (Å²) in [5.41, 5.74) is 2.73. The third-order valence-corrected chi connectivity index (χ3v) is 4.27. The Balaban J connectivity index is 1.40. The van der Waals surface area contributed by atoms with Crippen molar-refractivity contribution in [3.05, 3.63) is 65.3 Å². The summed E-state index contributed by atoms with van der Waals surface area (Å²) in [5.74, 6) is -0.216. The van der Waals surface area contributed by atoms with Gasteiger partial charge in [0.15, 0.2) is 0 Å². The number of pyridine rings is 1. The van der Waals surface area contributed by atoms with E-state index in [-0.39, 0.29) is 5.75 Å². The minimum absolute atomic E-state index is 0.216. The van der Waals surface area contributed by atoms with Crippen molar-refractivity contribution in [1.82, 2.24) is 10.3 Å². The third kappa shape index (κ3) is 6.00. The zero-order valence-electron chi connectivity index (χ0n) is 14.9. The summed E-state index contributed by atoms with van der Waals surface area (Å²) in [6, 6.07) is 13.4. The molecule has 3 aromatic rings. The van der Waals surface area contributed by atoms with Crippen LogP contribution in [0.1, 0.15) is 12.0 Å². The predicted molar refractivity (Wildman–Crippen MR) is 105 cm³/mol. The van der Waals surface area contributed by atoms with Crippen molar-refractivity contribution in [2.24, 2.45) is 0 Å². The van der Waals surface area contributed by atoms with Gasteiger partial charge in [0, 0.05) is 35.4 Å². The molecule has 3 rings (SSSR count). The Labute approximate surface area is 165 Å². The van der Waals surface area contributed by atoms with Crippen molar-refractivity contribution in [3.63, 3.8) is 0 Å². The van der Waals surface area contributed by atoms with Gasteiger partial charge in [-0.2, -0.15) is 0 Å². The molecule has 2 N–H and O–H groups in total. The largest absolute Gasteiger partial charge is 0.573 e. The standard InChI is InChI=1S/C20H19ClF3N3O/c21-15-4-7-17-18(8-11-27-19(17)12-15)26-10-1-9-25-13-14-2-5-16(6-3-14)28-20(22,23)24/h2-8,11-12,25H,1,9-10,13H2,(H,26,27). The first-order valence-corrected chi connectivity index (χ1v) is 9.12. The fourth-order valence-electron chi connectivity index (χ4n) is 2.75. The van der Waals surface area contributed by atoms with Crippen LogP contribution in [-0.4, -0.2) is 24.4 Å². The van der Waals surface area contributed by atoms with Gasteiger partial charge in [-0.25, -0.2) is 0 Å². The first-order valence-electron chi connectivity index (χ1n) is 8.74. The lowest BCUT2D eigenvalue weighted by atomic mass is 10.2. The van der Waals surface area contributed by atoms with Crippen molar-refractivity contribution >= 4 is 28.2 Å². The molecule has 28 heavy (non-hydrogen) atoms. The summed E-state index contributed by atoms with van der Waals surface area (Å²) >= 11 is 5.99. The van der Waals surface area contributed by atoms with Gasteiger partial charge in [0.2, 0.25) is 0 Å². The number of rotatable bonds is 8. The lowest BCUT2D eigenvalue weighted by Crippen LogP contribution is -2.18. The second-order valence-corrected chi connectivity index (χ2v) is 6.61. The normalized spacial score (nSPS) is 11.6. The molecular formula is C20H19ClF3N3O. The van der Waals surface area contributed by atoms with E-state index in [0.717, 1.165) is 41.7 Å². The number of ether oxygens (including phenoxy) is 1. The third-order valence-electron chi connectivity index (χ3n) is 4.04. The number of nitrogens with one attached hydrogen (secondary N) is 2. The molecule has 0 aliphatic heterocycles. The molecule has 0 aliphatic rings. The number of fused-ring (bicyclic) bond motifs is 1. The van der Waals surface area contributed by atoms with Crippen LogP contribution in [0.25, 0.3) is 10.9 Å². The predicted octanol–water partition coefficient (Wildman–Crippen LogP) is 5.38. The Bertz CT molecular complexity index is 917. The van der Waals surface area contributed by atoms with Crippen molar-refractivity contribution in [3.8, 4) is 5.75 Å². The second kappa shape index (κ2) is 9.12. The molecule has 0 aliphatic carbocycles. The van der Waals surface area contributed by atoms with Gasteiger partial charge in [-0.1, -0.05) is 23.7 Å². The van der Waals surface area contributed by atoms with Crippen LogP contribution in [-0.2, 0) is 6.54 Å². The van der Waals surface area contributed by atoms with Crippen LogP contribution in [0.3, 0.4) is 0 Å². The number of halogens is 4. The summed E-state index contributed by atoms with van der Waals surface area (Å²) in [6.07, 6.45) is -2.04. The molecule has 8 heteroatoms. The lowest BCUT2D eigenvalue weighted by molar-refractivity contribution is -0.274. The van der Waals surface area contributed by atoms with Gasteiger partial charge < -0.3 is 15.4 Å². The molecular weight excluding hydrogens is 391 g/mol. The van der Waals surface area contributed by atoms with Crippen LogP contribution < -0.4 is 15.4 Å². The van der Waals surface area contributed by atoms with E-state index in [9.17, 15) is 13.2 Å². The number of benzene rings is 2. The molecule has 0 amide bonds. The van der Waals surface area contributed by atoms with Gasteiger partial charge in [-0.3, -0.25) is 4.98 Å². The smallest absolute Gasteiger partial charge is 0.406 e. The van der Waals surface area contributed by atoms with Crippen molar-refractivity contribution in [2.75, 3.05) is 18.4 Å². The first-order chi connectivity index (χ1) is 13.4. The van der Waals surface area contributed by atoms with Gasteiger partial charge in [0.05, 0.1) is 5.52 Å². The van der Waals surface area contributed by atoms with Crippen LogP contribution in [0, 0.1) is 0 Å². The van der Waals surface area contributed by atoms with E-state index in [1.807, 2.05) is 24.3 Å². The molecule has 0 saturated heterocycles. The summed E-state index contributed by atoms with van der Waals surface area (Å²) in [6.45, 7) is 2.11. The zero-order valence-corrected chi connectivity index (χ0v) is 15.6. The van der Waals surface area contributed by atoms with Crippen LogP contribution in [0.15, 0.2) is 54.7 Å². The van der Waals surface area contributed by atoms with E-state index in [0.29, 0.717) is 11.6 Å². The maximum Gasteiger partial charge on any atom is 0.573 e. The number of alkyl halides is 3. The average Bonchev–Trinajstić information content (AvgIpc) is 2.64. The van der Waals surface area contributed by atoms with Crippen LogP contribution in [0.5, 0.6) is 5.75 Å². The maximum absolute atomic E-state index is 12.1. The van der Waals surface area contributed by atoms with E-state index in [2.05, 4.69) is 20.4 Å². The molecule has 4 nitrogen and oxygen atoms in total. The fraction of sp³-hybridized carbons (Fsp3) is 0.250. The summed E-state index contributed by atoms with van der Waals surface area (Å²) < 4.78 is 40.3. The topological polar surface area (TPSA) is 46.2 Å². The SMILES string of the molecule is FC(F)(F)Oc1ccc(CNCCCNc2ccnc3cc(Cl)ccc23)cc1. The number of hydrogen-bond donors (Lipinski definition) is 2. The molecule has 0 radical (unpaired) electrons.